The van der Waals surface area contributed by atoms with E-state index in [1.54, 1.807) is 6.07 Å². The van der Waals surface area contributed by atoms with Gasteiger partial charge in [-0.3, -0.25) is 9.59 Å². The van der Waals surface area contributed by atoms with Crippen molar-refractivity contribution in [2.75, 3.05) is 20.7 Å². The third kappa shape index (κ3) is 3.53. The molecule has 6 heteroatoms. The van der Waals surface area contributed by atoms with Gasteiger partial charge in [-0.25, -0.2) is 4.39 Å². The van der Waals surface area contributed by atoms with Crippen LogP contribution in [0.3, 0.4) is 0 Å². The molecule has 18 heavy (non-hydrogen) atoms. The van der Waals surface area contributed by atoms with Gasteiger partial charge in [0.25, 0.3) is 5.91 Å². The Morgan fingerprint density at radius 3 is 2.72 bits per heavy atom. The normalized spacial score (nSPS) is 10.0. The molecule has 4 nitrogen and oxygen atoms in total. The smallest absolute Gasteiger partial charge is 0.307 e. The first kappa shape index (κ1) is 14.6. The largest absolute Gasteiger partial charge is 0.469 e. The van der Waals surface area contributed by atoms with Crippen molar-refractivity contribution in [1.29, 1.82) is 0 Å². The highest BCUT2D eigenvalue weighted by molar-refractivity contribution is 9.10. The molecular weight excluding hydrogens is 305 g/mol. The van der Waals surface area contributed by atoms with Crippen molar-refractivity contribution in [3.8, 4) is 0 Å². The maximum Gasteiger partial charge on any atom is 0.307 e. The second kappa shape index (κ2) is 6.49. The van der Waals surface area contributed by atoms with Crippen LogP contribution in [0.1, 0.15) is 16.8 Å². The molecule has 0 unspecified atom stereocenters. The minimum absolute atomic E-state index is 0.0308. The highest BCUT2D eigenvalue weighted by Gasteiger charge is 2.18. The van der Waals surface area contributed by atoms with Crippen LogP contribution in [0, 0.1) is 5.82 Å². The first-order chi connectivity index (χ1) is 8.47. The number of methoxy groups -OCH3 is 1. The van der Waals surface area contributed by atoms with Gasteiger partial charge in [-0.15, -0.1) is 0 Å². The number of halogens is 2. The van der Waals surface area contributed by atoms with Crippen LogP contribution in [0.2, 0.25) is 0 Å². The minimum Gasteiger partial charge on any atom is -0.469 e. The number of carbonyl (C=O) groups excluding carboxylic acids is 2. The van der Waals surface area contributed by atoms with E-state index < -0.39 is 17.7 Å². The van der Waals surface area contributed by atoms with Gasteiger partial charge in [0.2, 0.25) is 0 Å². The van der Waals surface area contributed by atoms with Crippen LogP contribution in [0.5, 0.6) is 0 Å². The number of ether oxygens (including phenoxy) is 1. The van der Waals surface area contributed by atoms with Crippen LogP contribution in [0.25, 0.3) is 0 Å². The molecule has 0 radical (unpaired) electrons. The zero-order valence-electron chi connectivity index (χ0n) is 10.1. The summed E-state index contributed by atoms with van der Waals surface area (Å²) in [5, 5.41) is 0. The summed E-state index contributed by atoms with van der Waals surface area (Å²) in [5.41, 5.74) is -0.0308. The molecule has 0 aromatic heterocycles. The number of benzene rings is 1. The Bertz CT molecular complexity index is 465. The van der Waals surface area contributed by atoms with Crippen molar-refractivity contribution in [3.05, 3.63) is 34.1 Å². The van der Waals surface area contributed by atoms with Gasteiger partial charge in [0.1, 0.15) is 5.82 Å². The summed E-state index contributed by atoms with van der Waals surface area (Å²) >= 11 is 3.02. The Kier molecular flexibility index (Phi) is 5.27. The fourth-order valence-corrected chi connectivity index (χ4v) is 1.70. The third-order valence-electron chi connectivity index (χ3n) is 2.41. The van der Waals surface area contributed by atoms with Crippen LogP contribution in [0.15, 0.2) is 22.7 Å². The highest BCUT2D eigenvalue weighted by atomic mass is 79.9. The maximum absolute atomic E-state index is 13.7. The Morgan fingerprint density at radius 2 is 2.11 bits per heavy atom. The Hall–Kier alpha value is -1.43. The SMILES string of the molecule is COC(=O)CCN(C)C(=O)c1cccc(Br)c1F. The second-order valence-corrected chi connectivity index (χ2v) is 4.51. The summed E-state index contributed by atoms with van der Waals surface area (Å²) in [5.74, 6) is -1.49. The zero-order valence-corrected chi connectivity index (χ0v) is 11.7. The van der Waals surface area contributed by atoms with Gasteiger partial charge in [-0.1, -0.05) is 6.07 Å². The van der Waals surface area contributed by atoms with Crippen LogP contribution in [-0.4, -0.2) is 37.5 Å². The number of rotatable bonds is 4. The summed E-state index contributed by atoms with van der Waals surface area (Å²) in [4.78, 5) is 24.2. The van der Waals surface area contributed by atoms with Crippen molar-refractivity contribution in [2.45, 2.75) is 6.42 Å². The van der Waals surface area contributed by atoms with Crippen molar-refractivity contribution in [1.82, 2.24) is 4.90 Å². The zero-order chi connectivity index (χ0) is 13.7. The number of nitrogens with zero attached hydrogens (tertiary/aromatic N) is 1. The average molecular weight is 318 g/mol. The molecule has 0 heterocycles. The summed E-state index contributed by atoms with van der Waals surface area (Å²) in [6.45, 7) is 0.178. The van der Waals surface area contributed by atoms with E-state index >= 15 is 0 Å². The van der Waals surface area contributed by atoms with Crippen LogP contribution >= 0.6 is 15.9 Å². The first-order valence-corrected chi connectivity index (χ1v) is 6.03. The summed E-state index contributed by atoms with van der Waals surface area (Å²) in [6, 6.07) is 4.49. The van der Waals surface area contributed by atoms with Gasteiger partial charge in [0, 0.05) is 13.6 Å². The van der Waals surface area contributed by atoms with Crippen molar-refractivity contribution >= 4 is 27.8 Å². The standard InChI is InChI=1S/C12H13BrFNO3/c1-15(7-6-10(16)18-2)12(17)8-4-3-5-9(13)11(8)14/h3-5H,6-7H2,1-2H3. The van der Waals surface area contributed by atoms with E-state index in [0.717, 1.165) is 0 Å². The third-order valence-corrected chi connectivity index (χ3v) is 3.02. The lowest BCUT2D eigenvalue weighted by atomic mass is 10.2. The fourth-order valence-electron chi connectivity index (χ4n) is 1.34. The number of hydrogen-bond acceptors (Lipinski definition) is 3. The second-order valence-electron chi connectivity index (χ2n) is 3.65. The monoisotopic (exact) mass is 317 g/mol. The Balaban J connectivity index is 2.74. The predicted octanol–water partition coefficient (Wildman–Crippen LogP) is 2.22. The molecule has 98 valence electrons. The minimum atomic E-state index is -0.604. The van der Waals surface area contributed by atoms with E-state index in [9.17, 15) is 14.0 Å². The van der Waals surface area contributed by atoms with Gasteiger partial charge in [0.05, 0.1) is 23.6 Å². The molecule has 0 aliphatic heterocycles. The topological polar surface area (TPSA) is 46.6 Å². The van der Waals surface area contributed by atoms with Crippen molar-refractivity contribution in [3.63, 3.8) is 0 Å². The maximum atomic E-state index is 13.7. The van der Waals surface area contributed by atoms with Crippen molar-refractivity contribution < 1.29 is 18.7 Å². The fraction of sp³-hybridized carbons (Fsp3) is 0.333. The number of amides is 1. The lowest BCUT2D eigenvalue weighted by Crippen LogP contribution is -2.30. The van der Waals surface area contributed by atoms with Gasteiger partial charge in [-0.2, -0.15) is 0 Å². The molecule has 0 saturated carbocycles. The lowest BCUT2D eigenvalue weighted by molar-refractivity contribution is -0.140. The van der Waals surface area contributed by atoms with Crippen LogP contribution in [-0.2, 0) is 9.53 Å². The molecular formula is C12H13BrFNO3. The number of esters is 1. The van der Waals surface area contributed by atoms with Crippen molar-refractivity contribution in [2.24, 2.45) is 0 Å². The number of carbonyl (C=O) groups is 2. The number of hydrogen-bond donors (Lipinski definition) is 0. The summed E-state index contributed by atoms with van der Waals surface area (Å²) < 4.78 is 18.4. The first-order valence-electron chi connectivity index (χ1n) is 5.23. The van der Waals surface area contributed by atoms with Crippen LogP contribution in [0.4, 0.5) is 4.39 Å². The molecule has 0 saturated heterocycles. The molecule has 0 bridgehead atoms. The van der Waals surface area contributed by atoms with E-state index in [1.807, 2.05) is 0 Å². The molecule has 0 aliphatic carbocycles. The van der Waals surface area contributed by atoms with E-state index in [2.05, 4.69) is 20.7 Å². The lowest BCUT2D eigenvalue weighted by Gasteiger charge is -2.17. The van der Waals surface area contributed by atoms with E-state index in [0.29, 0.717) is 0 Å². The van der Waals surface area contributed by atoms with E-state index in [4.69, 9.17) is 0 Å². The van der Waals surface area contributed by atoms with E-state index in [-0.39, 0.29) is 23.0 Å². The average Bonchev–Trinajstić information content (AvgIpc) is 2.37. The summed E-state index contributed by atoms with van der Waals surface area (Å²) in [7, 11) is 2.78. The molecule has 1 amide bonds. The van der Waals surface area contributed by atoms with Gasteiger partial charge >= 0.3 is 5.97 Å². The highest BCUT2D eigenvalue weighted by Crippen LogP contribution is 2.19. The molecule has 1 rings (SSSR count). The predicted molar refractivity (Wildman–Crippen MR) is 67.7 cm³/mol. The Labute approximate surface area is 113 Å². The molecule has 1 aromatic carbocycles. The molecule has 0 N–H and O–H groups in total. The molecule has 0 atom stereocenters. The van der Waals surface area contributed by atoms with Crippen LogP contribution < -0.4 is 0 Å². The summed E-state index contributed by atoms with van der Waals surface area (Å²) in [6.07, 6.45) is 0.0777. The molecule has 0 aliphatic rings. The van der Waals surface area contributed by atoms with E-state index in [1.165, 1.54) is 31.2 Å². The van der Waals surface area contributed by atoms with Gasteiger partial charge in [-0.05, 0) is 28.1 Å². The van der Waals surface area contributed by atoms with Gasteiger partial charge in [0.15, 0.2) is 0 Å². The van der Waals surface area contributed by atoms with Gasteiger partial charge < -0.3 is 9.64 Å². The Morgan fingerprint density at radius 1 is 1.44 bits per heavy atom. The quantitative estimate of drug-likeness (QED) is 0.800. The molecule has 1 aromatic rings. The molecule has 0 fully saturated rings. The molecule has 0 spiro atoms.